The SMILES string of the molecule is C1=CCC(CN2CCN(C3CC4CCC3C4)CC2)CC1. The molecule has 4 unspecified atom stereocenters. The second kappa shape index (κ2) is 5.81. The minimum atomic E-state index is 0.939. The molecule has 2 bridgehead atoms. The van der Waals surface area contributed by atoms with Crippen molar-refractivity contribution in [2.75, 3.05) is 32.7 Å². The van der Waals surface area contributed by atoms with E-state index in [0.29, 0.717) is 0 Å². The summed E-state index contributed by atoms with van der Waals surface area (Å²) in [7, 11) is 0. The van der Waals surface area contributed by atoms with Crippen LogP contribution in [0.5, 0.6) is 0 Å². The van der Waals surface area contributed by atoms with Crippen molar-refractivity contribution in [3.05, 3.63) is 12.2 Å². The molecule has 2 heteroatoms. The number of rotatable bonds is 3. The van der Waals surface area contributed by atoms with Crippen molar-refractivity contribution in [3.63, 3.8) is 0 Å². The van der Waals surface area contributed by atoms with Gasteiger partial charge in [-0.25, -0.2) is 0 Å². The minimum Gasteiger partial charge on any atom is -0.301 e. The molecule has 0 amide bonds. The lowest BCUT2D eigenvalue weighted by molar-refractivity contribution is 0.0631. The van der Waals surface area contributed by atoms with Gasteiger partial charge in [0.05, 0.1) is 0 Å². The van der Waals surface area contributed by atoms with E-state index in [0.717, 1.165) is 23.8 Å². The molecule has 3 fully saturated rings. The molecule has 2 nitrogen and oxygen atoms in total. The Labute approximate surface area is 124 Å². The second-order valence-corrected chi connectivity index (χ2v) is 7.73. The fourth-order valence-electron chi connectivity index (χ4n) is 5.32. The van der Waals surface area contributed by atoms with Gasteiger partial charge in [0.2, 0.25) is 0 Å². The number of hydrogen-bond acceptors (Lipinski definition) is 2. The van der Waals surface area contributed by atoms with Crippen LogP contribution in [0.2, 0.25) is 0 Å². The normalized spacial score (nSPS) is 42.4. The number of fused-ring (bicyclic) bond motifs is 2. The zero-order chi connectivity index (χ0) is 13.4. The van der Waals surface area contributed by atoms with Crippen LogP contribution in [-0.4, -0.2) is 48.6 Å². The van der Waals surface area contributed by atoms with Crippen molar-refractivity contribution >= 4 is 0 Å². The van der Waals surface area contributed by atoms with Gasteiger partial charge in [-0.2, -0.15) is 0 Å². The first-order chi connectivity index (χ1) is 9.88. The maximum absolute atomic E-state index is 2.85. The highest BCUT2D eigenvalue weighted by Crippen LogP contribution is 2.46. The third-order valence-corrected chi connectivity index (χ3v) is 6.47. The number of hydrogen-bond donors (Lipinski definition) is 0. The molecule has 2 saturated carbocycles. The Kier molecular flexibility index (Phi) is 3.87. The quantitative estimate of drug-likeness (QED) is 0.730. The van der Waals surface area contributed by atoms with Gasteiger partial charge in [-0.1, -0.05) is 18.6 Å². The zero-order valence-corrected chi connectivity index (χ0v) is 12.8. The summed E-state index contributed by atoms with van der Waals surface area (Å²) >= 11 is 0. The monoisotopic (exact) mass is 274 g/mol. The topological polar surface area (TPSA) is 6.48 Å². The Balaban J connectivity index is 1.25. The lowest BCUT2D eigenvalue weighted by atomic mass is 9.92. The summed E-state index contributed by atoms with van der Waals surface area (Å²) in [6.07, 6.45) is 15.0. The molecule has 112 valence electrons. The van der Waals surface area contributed by atoms with Gasteiger partial charge in [0.25, 0.3) is 0 Å². The third kappa shape index (κ3) is 2.69. The average molecular weight is 274 g/mol. The lowest BCUT2D eigenvalue weighted by Crippen LogP contribution is -2.52. The van der Waals surface area contributed by atoms with Gasteiger partial charge in [0, 0.05) is 38.8 Å². The van der Waals surface area contributed by atoms with Gasteiger partial charge in [-0.3, -0.25) is 4.90 Å². The van der Waals surface area contributed by atoms with E-state index in [1.807, 2.05) is 0 Å². The van der Waals surface area contributed by atoms with E-state index < -0.39 is 0 Å². The van der Waals surface area contributed by atoms with Crippen LogP contribution in [0.1, 0.15) is 44.9 Å². The first kappa shape index (κ1) is 13.3. The number of piperazine rings is 1. The smallest absolute Gasteiger partial charge is 0.0127 e. The Morgan fingerprint density at radius 3 is 2.45 bits per heavy atom. The summed E-state index contributed by atoms with van der Waals surface area (Å²) in [6, 6.07) is 0.966. The number of nitrogens with zero attached hydrogens (tertiary/aromatic N) is 2. The van der Waals surface area contributed by atoms with Gasteiger partial charge < -0.3 is 4.90 Å². The van der Waals surface area contributed by atoms with Crippen molar-refractivity contribution in [3.8, 4) is 0 Å². The first-order valence-electron chi connectivity index (χ1n) is 9.00. The third-order valence-electron chi connectivity index (χ3n) is 6.47. The minimum absolute atomic E-state index is 0.939. The van der Waals surface area contributed by atoms with Crippen LogP contribution in [0.3, 0.4) is 0 Å². The molecule has 1 heterocycles. The van der Waals surface area contributed by atoms with E-state index in [4.69, 9.17) is 0 Å². The maximum atomic E-state index is 2.85. The fraction of sp³-hybridized carbons (Fsp3) is 0.889. The zero-order valence-electron chi connectivity index (χ0n) is 12.8. The molecule has 0 aromatic carbocycles. The molecular weight excluding hydrogens is 244 g/mol. The van der Waals surface area contributed by atoms with Gasteiger partial charge in [0.1, 0.15) is 0 Å². The molecule has 4 aliphatic rings. The van der Waals surface area contributed by atoms with Crippen LogP contribution < -0.4 is 0 Å². The average Bonchev–Trinajstić information content (AvgIpc) is 3.12. The molecule has 0 aromatic rings. The van der Waals surface area contributed by atoms with Crippen LogP contribution in [-0.2, 0) is 0 Å². The predicted octanol–water partition coefficient (Wildman–Crippen LogP) is 3.15. The predicted molar refractivity (Wildman–Crippen MR) is 83.7 cm³/mol. The standard InChI is InChI=1S/C18H30N2/c1-2-4-15(5-3-1)14-19-8-10-20(11-9-19)18-13-16-6-7-17(18)12-16/h1-2,15-18H,3-14H2. The van der Waals surface area contributed by atoms with Crippen LogP contribution in [0, 0.1) is 17.8 Å². The fourth-order valence-corrected chi connectivity index (χ4v) is 5.32. The summed E-state index contributed by atoms with van der Waals surface area (Å²) in [5.74, 6) is 3.10. The highest BCUT2D eigenvalue weighted by atomic mass is 15.3. The van der Waals surface area contributed by atoms with E-state index in [1.165, 1.54) is 71.2 Å². The van der Waals surface area contributed by atoms with Gasteiger partial charge >= 0.3 is 0 Å². The highest BCUT2D eigenvalue weighted by molar-refractivity contribution is 4.97. The summed E-state index contributed by atoms with van der Waals surface area (Å²) < 4.78 is 0. The maximum Gasteiger partial charge on any atom is 0.0127 e. The van der Waals surface area contributed by atoms with Crippen molar-refractivity contribution in [1.29, 1.82) is 0 Å². The number of allylic oxidation sites excluding steroid dienone is 2. The molecule has 3 aliphatic carbocycles. The summed E-state index contributed by atoms with van der Waals surface area (Å²) in [4.78, 5) is 5.59. The Morgan fingerprint density at radius 2 is 1.80 bits per heavy atom. The first-order valence-corrected chi connectivity index (χ1v) is 9.00. The van der Waals surface area contributed by atoms with Crippen LogP contribution in [0.4, 0.5) is 0 Å². The van der Waals surface area contributed by atoms with Gasteiger partial charge in [-0.05, 0) is 56.3 Å². The van der Waals surface area contributed by atoms with E-state index in [2.05, 4.69) is 22.0 Å². The molecule has 0 spiro atoms. The molecule has 0 aromatic heterocycles. The van der Waals surface area contributed by atoms with E-state index >= 15 is 0 Å². The van der Waals surface area contributed by atoms with E-state index in [9.17, 15) is 0 Å². The summed E-state index contributed by atoms with van der Waals surface area (Å²) in [6.45, 7) is 6.70. The van der Waals surface area contributed by atoms with Gasteiger partial charge in [-0.15, -0.1) is 0 Å². The van der Waals surface area contributed by atoms with Crippen LogP contribution in [0.25, 0.3) is 0 Å². The molecule has 20 heavy (non-hydrogen) atoms. The Bertz CT molecular complexity index is 356. The molecule has 4 rings (SSSR count). The highest BCUT2D eigenvalue weighted by Gasteiger charge is 2.42. The van der Waals surface area contributed by atoms with Gasteiger partial charge in [0.15, 0.2) is 0 Å². The second-order valence-electron chi connectivity index (χ2n) is 7.73. The molecular formula is C18H30N2. The Hall–Kier alpha value is -0.340. The molecule has 0 radical (unpaired) electrons. The lowest BCUT2D eigenvalue weighted by Gasteiger charge is -2.42. The van der Waals surface area contributed by atoms with E-state index in [1.54, 1.807) is 6.42 Å². The van der Waals surface area contributed by atoms with Crippen molar-refractivity contribution in [2.45, 2.75) is 51.0 Å². The summed E-state index contributed by atoms with van der Waals surface area (Å²) in [5.41, 5.74) is 0. The summed E-state index contributed by atoms with van der Waals surface area (Å²) in [5, 5.41) is 0. The molecule has 4 atom stereocenters. The van der Waals surface area contributed by atoms with Crippen LogP contribution in [0.15, 0.2) is 12.2 Å². The van der Waals surface area contributed by atoms with Crippen molar-refractivity contribution in [2.24, 2.45) is 17.8 Å². The van der Waals surface area contributed by atoms with Crippen LogP contribution >= 0.6 is 0 Å². The van der Waals surface area contributed by atoms with Crippen molar-refractivity contribution in [1.82, 2.24) is 9.80 Å². The largest absolute Gasteiger partial charge is 0.301 e. The Morgan fingerprint density at radius 1 is 0.900 bits per heavy atom. The van der Waals surface area contributed by atoms with E-state index in [-0.39, 0.29) is 0 Å². The van der Waals surface area contributed by atoms with Crippen molar-refractivity contribution < 1.29 is 0 Å². The molecule has 1 saturated heterocycles. The molecule has 0 N–H and O–H groups in total. The molecule has 1 aliphatic heterocycles.